The van der Waals surface area contributed by atoms with Gasteiger partial charge < -0.3 is 9.64 Å². The number of terminal acetylenes is 1. The molecule has 0 aliphatic carbocycles. The highest BCUT2D eigenvalue weighted by Crippen LogP contribution is 2.28. The first-order valence-corrected chi connectivity index (χ1v) is 5.87. The van der Waals surface area contributed by atoms with Crippen LogP contribution in [0.25, 0.3) is 0 Å². The minimum atomic E-state index is 0.164. The predicted octanol–water partition coefficient (Wildman–Crippen LogP) is 1.72. The van der Waals surface area contributed by atoms with E-state index in [9.17, 15) is 0 Å². The normalized spacial score (nSPS) is 18.5. The summed E-state index contributed by atoms with van der Waals surface area (Å²) in [6, 6.07) is 0. The average molecular weight is 222 g/mol. The highest BCUT2D eigenvalue weighted by atomic mass is 32.1. The lowest BCUT2D eigenvalue weighted by Gasteiger charge is -2.26. The molecular weight excluding hydrogens is 208 g/mol. The van der Waals surface area contributed by atoms with Crippen molar-refractivity contribution in [2.75, 3.05) is 31.2 Å². The topological polar surface area (TPSA) is 25.4 Å². The van der Waals surface area contributed by atoms with Gasteiger partial charge in [-0.3, -0.25) is 0 Å². The fourth-order valence-corrected chi connectivity index (χ4v) is 2.44. The van der Waals surface area contributed by atoms with Crippen LogP contribution in [0.2, 0.25) is 0 Å². The van der Waals surface area contributed by atoms with Crippen LogP contribution < -0.4 is 4.90 Å². The van der Waals surface area contributed by atoms with E-state index >= 15 is 0 Å². The Labute approximate surface area is 94.1 Å². The quantitative estimate of drug-likeness (QED) is 0.712. The lowest BCUT2D eigenvalue weighted by atomic mass is 10.2. The Morgan fingerprint density at radius 1 is 1.60 bits per heavy atom. The highest BCUT2D eigenvalue weighted by molar-refractivity contribution is 7.15. The van der Waals surface area contributed by atoms with Crippen molar-refractivity contribution in [2.24, 2.45) is 0 Å². The molecule has 1 unspecified atom stereocenters. The molecule has 0 N–H and O–H groups in total. The van der Waals surface area contributed by atoms with Crippen molar-refractivity contribution >= 4 is 16.5 Å². The van der Waals surface area contributed by atoms with Gasteiger partial charge in [0.2, 0.25) is 0 Å². The Hall–Kier alpha value is -1.05. The van der Waals surface area contributed by atoms with Crippen LogP contribution in [0.5, 0.6) is 0 Å². The van der Waals surface area contributed by atoms with Gasteiger partial charge in [0.15, 0.2) is 5.13 Å². The first-order valence-electron chi connectivity index (χ1n) is 5.06. The molecule has 1 aromatic rings. The molecule has 0 aromatic carbocycles. The van der Waals surface area contributed by atoms with Crippen LogP contribution in [-0.4, -0.2) is 31.3 Å². The molecule has 1 atom stereocenters. The minimum absolute atomic E-state index is 0.164. The molecule has 2 heterocycles. The largest absolute Gasteiger partial charge is 0.378 e. The van der Waals surface area contributed by atoms with E-state index in [1.807, 2.05) is 13.1 Å². The van der Waals surface area contributed by atoms with Crippen molar-refractivity contribution in [3.05, 3.63) is 11.1 Å². The maximum atomic E-state index is 5.39. The van der Waals surface area contributed by atoms with Gasteiger partial charge in [0.25, 0.3) is 0 Å². The first kappa shape index (κ1) is 10.5. The van der Waals surface area contributed by atoms with E-state index in [4.69, 9.17) is 11.2 Å². The van der Waals surface area contributed by atoms with E-state index in [1.54, 1.807) is 11.3 Å². The number of hydrogen-bond acceptors (Lipinski definition) is 4. The van der Waals surface area contributed by atoms with Crippen molar-refractivity contribution in [2.45, 2.75) is 12.8 Å². The first-order chi connectivity index (χ1) is 7.31. The number of thiazole rings is 1. The fourth-order valence-electron chi connectivity index (χ4n) is 1.46. The lowest BCUT2D eigenvalue weighted by molar-refractivity contribution is 0.122. The van der Waals surface area contributed by atoms with Crippen LogP contribution in [0.15, 0.2) is 6.20 Å². The molecule has 15 heavy (non-hydrogen) atoms. The second-order valence-corrected chi connectivity index (χ2v) is 4.57. The van der Waals surface area contributed by atoms with Gasteiger partial charge >= 0.3 is 0 Å². The molecule has 0 saturated carbocycles. The summed E-state index contributed by atoms with van der Waals surface area (Å²) in [5.74, 6) is 2.89. The van der Waals surface area contributed by atoms with E-state index in [2.05, 4.69) is 15.8 Å². The van der Waals surface area contributed by atoms with Crippen LogP contribution >= 0.6 is 11.3 Å². The van der Waals surface area contributed by atoms with Crippen LogP contribution in [0.1, 0.15) is 17.7 Å². The van der Waals surface area contributed by atoms with Gasteiger partial charge in [-0.15, -0.1) is 17.8 Å². The lowest BCUT2D eigenvalue weighted by Crippen LogP contribution is -2.36. The molecule has 1 aromatic heterocycles. The standard InChI is InChI=1S/C11H14N2OS/c1-3-9(2)10-8-12-11(15-10)13-4-6-14-7-5-13/h1,8-9H,4-7H2,2H3. The molecule has 1 aliphatic rings. The Morgan fingerprint density at radius 3 is 3.00 bits per heavy atom. The van der Waals surface area contributed by atoms with Gasteiger partial charge in [-0.2, -0.15) is 0 Å². The predicted molar refractivity (Wildman–Crippen MR) is 62.4 cm³/mol. The summed E-state index contributed by atoms with van der Waals surface area (Å²) in [5.41, 5.74) is 0. The third-order valence-corrected chi connectivity index (χ3v) is 3.71. The highest BCUT2D eigenvalue weighted by Gasteiger charge is 2.15. The molecule has 1 fully saturated rings. The van der Waals surface area contributed by atoms with E-state index in [1.165, 1.54) is 4.88 Å². The fraction of sp³-hybridized carbons (Fsp3) is 0.545. The minimum Gasteiger partial charge on any atom is -0.378 e. The van der Waals surface area contributed by atoms with E-state index in [-0.39, 0.29) is 5.92 Å². The molecule has 80 valence electrons. The molecular formula is C11H14N2OS. The van der Waals surface area contributed by atoms with E-state index < -0.39 is 0 Å². The Morgan fingerprint density at radius 2 is 2.33 bits per heavy atom. The summed E-state index contributed by atoms with van der Waals surface area (Å²) in [5, 5.41) is 1.07. The van der Waals surface area contributed by atoms with Gasteiger partial charge in [0.05, 0.1) is 19.1 Å². The van der Waals surface area contributed by atoms with E-state index in [0.29, 0.717) is 0 Å². The Bertz CT molecular complexity index is 363. The number of aromatic nitrogens is 1. The molecule has 1 aliphatic heterocycles. The number of anilines is 1. The second kappa shape index (κ2) is 4.65. The van der Waals surface area contributed by atoms with Gasteiger partial charge in [-0.1, -0.05) is 5.92 Å². The van der Waals surface area contributed by atoms with Crippen molar-refractivity contribution in [1.82, 2.24) is 4.98 Å². The summed E-state index contributed by atoms with van der Waals surface area (Å²) >= 11 is 1.69. The maximum Gasteiger partial charge on any atom is 0.185 e. The monoisotopic (exact) mass is 222 g/mol. The zero-order chi connectivity index (χ0) is 10.7. The van der Waals surface area contributed by atoms with Crippen LogP contribution in [-0.2, 0) is 4.74 Å². The summed E-state index contributed by atoms with van der Waals surface area (Å²) in [6.45, 7) is 5.46. The average Bonchev–Trinajstić information content (AvgIpc) is 2.78. The molecule has 0 radical (unpaired) electrons. The van der Waals surface area contributed by atoms with Gasteiger partial charge in [0.1, 0.15) is 0 Å². The summed E-state index contributed by atoms with van der Waals surface area (Å²) in [7, 11) is 0. The van der Waals surface area contributed by atoms with Crippen molar-refractivity contribution in [3.8, 4) is 12.3 Å². The van der Waals surface area contributed by atoms with Crippen LogP contribution in [0.3, 0.4) is 0 Å². The Kier molecular flexibility index (Phi) is 3.24. The van der Waals surface area contributed by atoms with E-state index in [0.717, 1.165) is 31.4 Å². The molecule has 0 amide bonds. The number of nitrogens with zero attached hydrogens (tertiary/aromatic N) is 2. The van der Waals surface area contributed by atoms with Gasteiger partial charge in [0, 0.05) is 24.2 Å². The zero-order valence-corrected chi connectivity index (χ0v) is 9.59. The second-order valence-electron chi connectivity index (χ2n) is 3.53. The smallest absolute Gasteiger partial charge is 0.185 e. The zero-order valence-electron chi connectivity index (χ0n) is 8.77. The number of ether oxygens (including phenoxy) is 1. The molecule has 0 bridgehead atoms. The van der Waals surface area contributed by atoms with Crippen molar-refractivity contribution in [1.29, 1.82) is 0 Å². The summed E-state index contributed by atoms with van der Waals surface area (Å²) < 4.78 is 5.30. The molecule has 0 spiro atoms. The van der Waals surface area contributed by atoms with Crippen LogP contribution in [0, 0.1) is 12.3 Å². The number of rotatable bonds is 2. The third-order valence-electron chi connectivity index (χ3n) is 2.47. The number of hydrogen-bond donors (Lipinski definition) is 0. The number of morpholine rings is 1. The SMILES string of the molecule is C#CC(C)c1cnc(N2CCOCC2)s1. The summed E-state index contributed by atoms with van der Waals surface area (Å²) in [6.07, 6.45) is 7.28. The molecule has 4 heteroatoms. The van der Waals surface area contributed by atoms with Crippen molar-refractivity contribution < 1.29 is 4.74 Å². The van der Waals surface area contributed by atoms with Crippen LogP contribution in [0.4, 0.5) is 5.13 Å². The molecule has 1 saturated heterocycles. The molecule has 3 nitrogen and oxygen atoms in total. The van der Waals surface area contributed by atoms with Crippen molar-refractivity contribution in [3.63, 3.8) is 0 Å². The maximum absolute atomic E-state index is 5.39. The third kappa shape index (κ3) is 2.31. The van der Waals surface area contributed by atoms with Gasteiger partial charge in [-0.05, 0) is 6.92 Å². The Balaban J connectivity index is 2.09. The molecule has 2 rings (SSSR count). The summed E-state index contributed by atoms with van der Waals surface area (Å²) in [4.78, 5) is 7.82. The van der Waals surface area contributed by atoms with Gasteiger partial charge in [-0.25, -0.2) is 4.98 Å².